The number of hydrogen-bond donors (Lipinski definition) is 0. The summed E-state index contributed by atoms with van der Waals surface area (Å²) in [7, 11) is 6.40. The highest BCUT2D eigenvalue weighted by molar-refractivity contribution is 5.85. The van der Waals surface area contributed by atoms with Gasteiger partial charge in [0.1, 0.15) is 0 Å². The van der Waals surface area contributed by atoms with Crippen molar-refractivity contribution in [1.29, 1.82) is 0 Å². The second-order valence-electron chi connectivity index (χ2n) is 5.32. The molecule has 0 spiro atoms. The smallest absolute Gasteiger partial charge is 0.0482 e. The van der Waals surface area contributed by atoms with Crippen LogP contribution in [0.15, 0.2) is 36.4 Å². The van der Waals surface area contributed by atoms with E-state index in [4.69, 9.17) is 0 Å². The van der Waals surface area contributed by atoms with E-state index in [1.165, 1.54) is 22.2 Å². The zero-order valence-electron chi connectivity index (χ0n) is 12.5. The van der Waals surface area contributed by atoms with E-state index in [0.717, 1.165) is 19.4 Å². The molecule has 1 heterocycles. The number of aromatic nitrogens is 1. The Morgan fingerprint density at radius 3 is 2.63 bits per heavy atom. The maximum absolute atomic E-state index is 2.38. The molecule has 2 nitrogen and oxygen atoms in total. The number of fused-ring (bicyclic) bond motifs is 1. The first-order chi connectivity index (χ1) is 9.13. The van der Waals surface area contributed by atoms with Crippen molar-refractivity contribution in [3.05, 3.63) is 42.1 Å². The summed E-state index contributed by atoms with van der Waals surface area (Å²) in [6, 6.07) is 10.9. The van der Waals surface area contributed by atoms with Crippen molar-refractivity contribution < 1.29 is 0 Å². The van der Waals surface area contributed by atoms with Gasteiger partial charge in [-0.25, -0.2) is 0 Å². The number of allylic oxidation sites excluding steroid dienone is 1. The van der Waals surface area contributed by atoms with Crippen LogP contribution < -0.4 is 0 Å². The lowest BCUT2D eigenvalue weighted by atomic mass is 10.1. The number of nitrogens with zero attached hydrogens (tertiary/aromatic N) is 2. The first kappa shape index (κ1) is 13.9. The van der Waals surface area contributed by atoms with Gasteiger partial charge in [-0.15, -0.1) is 0 Å². The lowest BCUT2D eigenvalue weighted by Crippen LogP contribution is -2.12. The van der Waals surface area contributed by atoms with Gasteiger partial charge in [-0.05, 0) is 44.6 Å². The fourth-order valence-corrected chi connectivity index (χ4v) is 2.52. The predicted octanol–water partition coefficient (Wildman–Crippen LogP) is 3.92. The number of rotatable bonds is 5. The topological polar surface area (TPSA) is 8.17 Å². The molecular weight excluding hydrogens is 232 g/mol. The van der Waals surface area contributed by atoms with Crippen molar-refractivity contribution in [2.75, 3.05) is 20.6 Å². The minimum Gasteiger partial charge on any atom is -0.344 e. The summed E-state index contributed by atoms with van der Waals surface area (Å²) >= 11 is 0. The number of benzene rings is 1. The quantitative estimate of drug-likeness (QED) is 0.787. The molecule has 102 valence electrons. The van der Waals surface area contributed by atoms with Crippen LogP contribution in [0.3, 0.4) is 0 Å². The van der Waals surface area contributed by atoms with Crippen molar-refractivity contribution in [3.8, 4) is 0 Å². The van der Waals surface area contributed by atoms with Gasteiger partial charge in [0.15, 0.2) is 0 Å². The van der Waals surface area contributed by atoms with Gasteiger partial charge in [0, 0.05) is 30.2 Å². The highest BCUT2D eigenvalue weighted by Crippen LogP contribution is 2.26. The molecule has 0 aliphatic heterocycles. The standard InChI is InChI=1S/C17H24N2/c1-5-14(10-8-12-18(2)3)17-13-15-9-6-7-11-16(15)19(17)4/h6-7,9-11,13H,5,8,12H2,1-4H3. The maximum atomic E-state index is 2.38. The van der Waals surface area contributed by atoms with Gasteiger partial charge >= 0.3 is 0 Å². The molecule has 1 aromatic carbocycles. The van der Waals surface area contributed by atoms with Crippen LogP contribution in [-0.4, -0.2) is 30.1 Å². The summed E-state index contributed by atoms with van der Waals surface area (Å²) in [5.74, 6) is 0. The molecule has 2 aromatic rings. The lowest BCUT2D eigenvalue weighted by molar-refractivity contribution is 0.417. The van der Waals surface area contributed by atoms with E-state index in [0.29, 0.717) is 0 Å². The SMILES string of the molecule is CCC(=CCCN(C)C)c1cc2ccccc2n1C. The molecular formula is C17H24N2. The molecule has 0 amide bonds. The van der Waals surface area contributed by atoms with Crippen molar-refractivity contribution in [2.45, 2.75) is 19.8 Å². The Labute approximate surface area is 116 Å². The molecule has 19 heavy (non-hydrogen) atoms. The first-order valence-corrected chi connectivity index (χ1v) is 7.02. The van der Waals surface area contributed by atoms with Gasteiger partial charge in [0.2, 0.25) is 0 Å². The Balaban J connectivity index is 2.32. The fraction of sp³-hybridized carbons (Fsp3) is 0.412. The highest BCUT2D eigenvalue weighted by atomic mass is 15.0. The average molecular weight is 256 g/mol. The third-order valence-corrected chi connectivity index (χ3v) is 3.63. The molecule has 0 fully saturated rings. The van der Waals surface area contributed by atoms with Crippen molar-refractivity contribution in [1.82, 2.24) is 9.47 Å². The third kappa shape index (κ3) is 3.07. The summed E-state index contributed by atoms with van der Waals surface area (Å²) in [5.41, 5.74) is 4.10. The lowest BCUT2D eigenvalue weighted by Gasteiger charge is -2.10. The van der Waals surface area contributed by atoms with E-state index in [1.54, 1.807) is 0 Å². The van der Waals surface area contributed by atoms with E-state index >= 15 is 0 Å². The Morgan fingerprint density at radius 2 is 2.00 bits per heavy atom. The zero-order chi connectivity index (χ0) is 13.8. The van der Waals surface area contributed by atoms with E-state index in [1.807, 2.05) is 0 Å². The van der Waals surface area contributed by atoms with Crippen LogP contribution in [0, 0.1) is 0 Å². The minimum absolute atomic E-state index is 1.08. The molecule has 0 unspecified atom stereocenters. The van der Waals surface area contributed by atoms with Gasteiger partial charge in [0.05, 0.1) is 0 Å². The van der Waals surface area contributed by atoms with E-state index < -0.39 is 0 Å². The average Bonchev–Trinajstić information content (AvgIpc) is 2.73. The summed E-state index contributed by atoms with van der Waals surface area (Å²) < 4.78 is 2.31. The molecule has 0 radical (unpaired) electrons. The number of hydrogen-bond acceptors (Lipinski definition) is 1. The summed E-state index contributed by atoms with van der Waals surface area (Å²) in [5, 5.41) is 1.33. The van der Waals surface area contributed by atoms with Crippen LogP contribution >= 0.6 is 0 Å². The van der Waals surface area contributed by atoms with Crippen molar-refractivity contribution >= 4 is 16.5 Å². The number of para-hydroxylation sites is 1. The summed E-state index contributed by atoms with van der Waals surface area (Å²) in [4.78, 5) is 2.23. The summed E-state index contributed by atoms with van der Waals surface area (Å²) in [6.45, 7) is 3.34. The Bertz CT molecular complexity index is 576. The Morgan fingerprint density at radius 1 is 1.26 bits per heavy atom. The fourth-order valence-electron chi connectivity index (χ4n) is 2.52. The van der Waals surface area contributed by atoms with Gasteiger partial charge < -0.3 is 9.47 Å². The first-order valence-electron chi connectivity index (χ1n) is 7.02. The van der Waals surface area contributed by atoms with E-state index in [2.05, 4.69) is 73.9 Å². The van der Waals surface area contributed by atoms with Crippen molar-refractivity contribution in [2.24, 2.45) is 7.05 Å². The van der Waals surface area contributed by atoms with Crippen LogP contribution in [0.5, 0.6) is 0 Å². The van der Waals surface area contributed by atoms with Crippen LogP contribution in [-0.2, 0) is 7.05 Å². The summed E-state index contributed by atoms with van der Waals surface area (Å²) in [6.07, 6.45) is 4.57. The zero-order valence-corrected chi connectivity index (χ0v) is 12.5. The van der Waals surface area contributed by atoms with Crippen LogP contribution in [0.25, 0.3) is 16.5 Å². The van der Waals surface area contributed by atoms with Crippen molar-refractivity contribution in [3.63, 3.8) is 0 Å². The molecule has 2 heteroatoms. The van der Waals surface area contributed by atoms with Crippen LogP contribution in [0.4, 0.5) is 0 Å². The van der Waals surface area contributed by atoms with E-state index in [-0.39, 0.29) is 0 Å². The molecule has 0 atom stereocenters. The maximum Gasteiger partial charge on any atom is 0.0482 e. The van der Waals surface area contributed by atoms with Gasteiger partial charge in [-0.2, -0.15) is 0 Å². The molecule has 0 saturated carbocycles. The Hall–Kier alpha value is -1.54. The molecule has 1 aromatic heterocycles. The second-order valence-corrected chi connectivity index (χ2v) is 5.32. The molecule has 0 bridgehead atoms. The number of aryl methyl sites for hydroxylation is 1. The highest BCUT2D eigenvalue weighted by Gasteiger charge is 2.08. The molecule has 0 aliphatic rings. The minimum atomic E-state index is 1.08. The molecule has 0 saturated heterocycles. The monoisotopic (exact) mass is 256 g/mol. The molecule has 2 rings (SSSR count). The normalized spacial score (nSPS) is 12.6. The molecule has 0 aliphatic carbocycles. The van der Waals surface area contributed by atoms with Crippen LogP contribution in [0.2, 0.25) is 0 Å². The Kier molecular flexibility index (Phi) is 4.43. The van der Waals surface area contributed by atoms with Gasteiger partial charge in [-0.3, -0.25) is 0 Å². The van der Waals surface area contributed by atoms with Gasteiger partial charge in [0.25, 0.3) is 0 Å². The predicted molar refractivity (Wildman–Crippen MR) is 84.4 cm³/mol. The van der Waals surface area contributed by atoms with E-state index in [9.17, 15) is 0 Å². The van der Waals surface area contributed by atoms with Crippen LogP contribution in [0.1, 0.15) is 25.5 Å². The molecule has 0 N–H and O–H groups in total. The second kappa shape index (κ2) is 6.07. The third-order valence-electron chi connectivity index (χ3n) is 3.63. The van der Waals surface area contributed by atoms with Gasteiger partial charge in [-0.1, -0.05) is 31.2 Å². The largest absolute Gasteiger partial charge is 0.344 e.